The van der Waals surface area contributed by atoms with Crippen molar-refractivity contribution in [2.75, 3.05) is 30.4 Å². The van der Waals surface area contributed by atoms with Crippen LogP contribution in [0.1, 0.15) is 23.2 Å². The number of methoxy groups -OCH3 is 1. The molecule has 2 aromatic heterocycles. The lowest BCUT2D eigenvalue weighted by molar-refractivity contribution is 0.102. The third-order valence-corrected chi connectivity index (χ3v) is 4.65. The summed E-state index contributed by atoms with van der Waals surface area (Å²) in [6, 6.07) is 11.2. The van der Waals surface area contributed by atoms with Crippen LogP contribution in [0.4, 0.5) is 11.4 Å². The summed E-state index contributed by atoms with van der Waals surface area (Å²) >= 11 is 0. The van der Waals surface area contributed by atoms with Crippen LogP contribution in [0.5, 0.6) is 5.88 Å². The maximum atomic E-state index is 12.6. The first-order valence-corrected chi connectivity index (χ1v) is 8.70. The fourth-order valence-electron chi connectivity index (χ4n) is 3.31. The Labute approximate surface area is 151 Å². The van der Waals surface area contributed by atoms with Gasteiger partial charge in [0.05, 0.1) is 29.6 Å². The van der Waals surface area contributed by atoms with Gasteiger partial charge in [-0.05, 0) is 43.2 Å². The molecular weight excluding hydrogens is 328 g/mol. The third kappa shape index (κ3) is 3.06. The number of carbonyl (C=O) groups excluding carboxylic acids is 1. The SMILES string of the molecule is COc1ccc(C(=O)Nc2ccc(N3CCCC3)c3ncccc23)cn1. The number of nitrogens with zero attached hydrogens (tertiary/aromatic N) is 3. The molecule has 1 saturated heterocycles. The summed E-state index contributed by atoms with van der Waals surface area (Å²) in [7, 11) is 1.54. The standard InChI is InChI=1S/C20H20N4O2/c1-26-18-9-6-14(13-22-18)20(25)23-16-7-8-17(24-11-2-3-12-24)19-15(16)5-4-10-21-19/h4-10,13H,2-3,11-12H2,1H3,(H,23,25). The summed E-state index contributed by atoms with van der Waals surface area (Å²) < 4.78 is 5.03. The number of amides is 1. The van der Waals surface area contributed by atoms with Crippen molar-refractivity contribution in [1.82, 2.24) is 9.97 Å². The van der Waals surface area contributed by atoms with Crippen LogP contribution in [0.25, 0.3) is 10.9 Å². The Morgan fingerprint density at radius 1 is 1.12 bits per heavy atom. The highest BCUT2D eigenvalue weighted by atomic mass is 16.5. The van der Waals surface area contributed by atoms with E-state index in [4.69, 9.17) is 4.74 Å². The minimum absolute atomic E-state index is 0.209. The molecule has 0 unspecified atom stereocenters. The summed E-state index contributed by atoms with van der Waals surface area (Å²) in [6.45, 7) is 2.10. The van der Waals surface area contributed by atoms with E-state index in [1.807, 2.05) is 24.3 Å². The summed E-state index contributed by atoms with van der Waals surface area (Å²) in [4.78, 5) is 23.6. The molecule has 0 atom stereocenters. The average molecular weight is 348 g/mol. The van der Waals surface area contributed by atoms with Crippen molar-refractivity contribution < 1.29 is 9.53 Å². The van der Waals surface area contributed by atoms with Gasteiger partial charge in [-0.25, -0.2) is 4.98 Å². The lowest BCUT2D eigenvalue weighted by atomic mass is 10.1. The van der Waals surface area contributed by atoms with E-state index in [9.17, 15) is 4.79 Å². The number of pyridine rings is 2. The lowest BCUT2D eigenvalue weighted by Gasteiger charge is -2.20. The van der Waals surface area contributed by atoms with Gasteiger partial charge < -0.3 is 15.0 Å². The van der Waals surface area contributed by atoms with E-state index in [0.717, 1.165) is 35.4 Å². The topological polar surface area (TPSA) is 67.3 Å². The van der Waals surface area contributed by atoms with Gasteiger partial charge >= 0.3 is 0 Å². The predicted molar refractivity (Wildman–Crippen MR) is 102 cm³/mol. The molecule has 3 heterocycles. The van der Waals surface area contributed by atoms with E-state index in [1.165, 1.54) is 19.0 Å². The molecule has 1 aliphatic rings. The fraction of sp³-hybridized carbons (Fsp3) is 0.250. The zero-order chi connectivity index (χ0) is 17.9. The van der Waals surface area contributed by atoms with E-state index >= 15 is 0 Å². The molecular formula is C20H20N4O2. The molecule has 6 nitrogen and oxygen atoms in total. The highest BCUT2D eigenvalue weighted by molar-refractivity contribution is 6.10. The molecule has 132 valence electrons. The molecule has 1 N–H and O–H groups in total. The van der Waals surface area contributed by atoms with E-state index in [0.29, 0.717) is 11.4 Å². The number of hydrogen-bond acceptors (Lipinski definition) is 5. The number of nitrogens with one attached hydrogen (secondary N) is 1. The highest BCUT2D eigenvalue weighted by Gasteiger charge is 2.17. The van der Waals surface area contributed by atoms with Crippen LogP contribution in [0.15, 0.2) is 48.8 Å². The molecule has 6 heteroatoms. The molecule has 26 heavy (non-hydrogen) atoms. The van der Waals surface area contributed by atoms with Crippen LogP contribution in [0.3, 0.4) is 0 Å². The van der Waals surface area contributed by atoms with Gasteiger partial charge in [-0.15, -0.1) is 0 Å². The van der Waals surface area contributed by atoms with Crippen molar-refractivity contribution in [1.29, 1.82) is 0 Å². The number of fused-ring (bicyclic) bond motifs is 1. The van der Waals surface area contributed by atoms with Gasteiger partial charge in [0.15, 0.2) is 0 Å². The van der Waals surface area contributed by atoms with Gasteiger partial charge in [-0.3, -0.25) is 9.78 Å². The second kappa shape index (κ2) is 7.00. The van der Waals surface area contributed by atoms with Gasteiger partial charge in [0.25, 0.3) is 5.91 Å². The molecule has 0 spiro atoms. The van der Waals surface area contributed by atoms with Gasteiger partial charge in [0.1, 0.15) is 0 Å². The van der Waals surface area contributed by atoms with Crippen LogP contribution in [0, 0.1) is 0 Å². The Kier molecular flexibility index (Phi) is 4.39. The monoisotopic (exact) mass is 348 g/mol. The van der Waals surface area contributed by atoms with E-state index < -0.39 is 0 Å². The number of carbonyl (C=O) groups is 1. The Morgan fingerprint density at radius 2 is 1.96 bits per heavy atom. The first-order chi connectivity index (χ1) is 12.8. The number of rotatable bonds is 4. The molecule has 1 fully saturated rings. The maximum absolute atomic E-state index is 12.6. The second-order valence-electron chi connectivity index (χ2n) is 6.27. The predicted octanol–water partition coefficient (Wildman–Crippen LogP) is 3.49. The van der Waals surface area contributed by atoms with Gasteiger partial charge in [-0.1, -0.05) is 0 Å². The van der Waals surface area contributed by atoms with Gasteiger partial charge in [0, 0.05) is 36.9 Å². The Hall–Kier alpha value is -3.15. The van der Waals surface area contributed by atoms with Crippen molar-refractivity contribution >= 4 is 28.2 Å². The molecule has 0 radical (unpaired) electrons. The third-order valence-electron chi connectivity index (χ3n) is 4.65. The lowest BCUT2D eigenvalue weighted by Crippen LogP contribution is -2.18. The van der Waals surface area contributed by atoms with Crippen LogP contribution in [-0.2, 0) is 0 Å². The van der Waals surface area contributed by atoms with Gasteiger partial charge in [0.2, 0.25) is 5.88 Å². The van der Waals surface area contributed by atoms with Crippen molar-refractivity contribution in [2.45, 2.75) is 12.8 Å². The number of ether oxygens (including phenoxy) is 1. The van der Waals surface area contributed by atoms with Crippen molar-refractivity contribution in [3.63, 3.8) is 0 Å². The first kappa shape index (κ1) is 16.3. The summed E-state index contributed by atoms with van der Waals surface area (Å²) in [5.41, 5.74) is 3.27. The number of aromatic nitrogens is 2. The second-order valence-corrected chi connectivity index (χ2v) is 6.27. The number of hydrogen-bond donors (Lipinski definition) is 1. The van der Waals surface area contributed by atoms with E-state index in [2.05, 4.69) is 20.2 Å². The Balaban J connectivity index is 1.66. The Bertz CT molecular complexity index is 934. The minimum atomic E-state index is -0.209. The van der Waals surface area contributed by atoms with E-state index in [1.54, 1.807) is 25.4 Å². The summed E-state index contributed by atoms with van der Waals surface area (Å²) in [5, 5.41) is 3.91. The number of anilines is 2. The van der Waals surface area contributed by atoms with Crippen molar-refractivity contribution in [3.8, 4) is 5.88 Å². The summed E-state index contributed by atoms with van der Waals surface area (Å²) in [6.07, 6.45) is 5.71. The van der Waals surface area contributed by atoms with Crippen LogP contribution < -0.4 is 15.0 Å². The molecule has 0 bridgehead atoms. The molecule has 3 aromatic rings. The minimum Gasteiger partial charge on any atom is -0.481 e. The van der Waals surface area contributed by atoms with Crippen LogP contribution in [0.2, 0.25) is 0 Å². The molecule has 1 aromatic carbocycles. The van der Waals surface area contributed by atoms with Crippen LogP contribution in [-0.4, -0.2) is 36.1 Å². The van der Waals surface area contributed by atoms with Crippen molar-refractivity contribution in [3.05, 3.63) is 54.4 Å². The zero-order valence-corrected chi connectivity index (χ0v) is 14.6. The van der Waals surface area contributed by atoms with Crippen LogP contribution >= 0.6 is 0 Å². The zero-order valence-electron chi connectivity index (χ0n) is 14.6. The highest BCUT2D eigenvalue weighted by Crippen LogP contribution is 2.32. The largest absolute Gasteiger partial charge is 0.481 e. The number of benzene rings is 1. The Morgan fingerprint density at radius 3 is 2.69 bits per heavy atom. The normalized spacial score (nSPS) is 13.8. The first-order valence-electron chi connectivity index (χ1n) is 8.70. The molecule has 0 aliphatic carbocycles. The van der Waals surface area contributed by atoms with Crippen molar-refractivity contribution in [2.24, 2.45) is 0 Å². The summed E-state index contributed by atoms with van der Waals surface area (Å²) in [5.74, 6) is 0.269. The average Bonchev–Trinajstić information content (AvgIpc) is 3.23. The fourth-order valence-corrected chi connectivity index (χ4v) is 3.31. The maximum Gasteiger partial charge on any atom is 0.257 e. The quantitative estimate of drug-likeness (QED) is 0.782. The van der Waals surface area contributed by atoms with Gasteiger partial charge in [-0.2, -0.15) is 0 Å². The van der Waals surface area contributed by atoms with E-state index in [-0.39, 0.29) is 5.91 Å². The molecule has 0 saturated carbocycles. The molecule has 4 rings (SSSR count). The smallest absolute Gasteiger partial charge is 0.257 e. The molecule has 1 amide bonds. The molecule has 1 aliphatic heterocycles.